The highest BCUT2D eigenvalue weighted by molar-refractivity contribution is 6.09. The van der Waals surface area contributed by atoms with Crippen molar-refractivity contribution >= 4 is 28.3 Å². The van der Waals surface area contributed by atoms with Gasteiger partial charge < -0.3 is 15.1 Å². The van der Waals surface area contributed by atoms with Crippen LogP contribution < -0.4 is 16.3 Å². The average Bonchev–Trinajstić information content (AvgIpc) is 2.61. The van der Waals surface area contributed by atoms with Crippen molar-refractivity contribution < 1.29 is 9.21 Å². The summed E-state index contributed by atoms with van der Waals surface area (Å²) in [4.78, 5) is 25.1. The maximum absolute atomic E-state index is 12.6. The predicted octanol–water partition coefficient (Wildman–Crippen LogP) is 4.18. The molecule has 1 amide bonds. The fourth-order valence-electron chi connectivity index (χ4n) is 2.71. The number of hydrogen-bond donors (Lipinski definition) is 2. The highest BCUT2D eigenvalue weighted by Gasteiger charge is 2.18. The van der Waals surface area contributed by atoms with E-state index in [1.807, 2.05) is 38.1 Å². The largest absolute Gasteiger partial charge is 0.421 e. The molecule has 0 saturated heterocycles. The van der Waals surface area contributed by atoms with E-state index in [0.29, 0.717) is 23.4 Å². The minimum Gasteiger partial charge on any atom is -0.421 e. The number of para-hydroxylation sites is 1. The Kier molecular flexibility index (Phi) is 4.84. The smallest absolute Gasteiger partial charge is 0.362 e. The van der Waals surface area contributed by atoms with E-state index in [-0.39, 0.29) is 11.6 Å². The topological polar surface area (TPSA) is 71.3 Å². The number of hydrogen-bond acceptors (Lipinski definition) is 4. The molecule has 2 N–H and O–H groups in total. The van der Waals surface area contributed by atoms with Gasteiger partial charge in [0.15, 0.2) is 5.69 Å². The van der Waals surface area contributed by atoms with Gasteiger partial charge in [0.25, 0.3) is 5.91 Å². The molecule has 0 saturated carbocycles. The van der Waals surface area contributed by atoms with Crippen LogP contribution in [0.15, 0.2) is 57.7 Å². The fourth-order valence-corrected chi connectivity index (χ4v) is 2.71. The number of rotatable bonds is 5. The van der Waals surface area contributed by atoms with Crippen LogP contribution in [0.3, 0.4) is 0 Å². The van der Waals surface area contributed by atoms with Crippen LogP contribution in [0.25, 0.3) is 11.0 Å². The molecule has 0 aliphatic heterocycles. The molecule has 0 unspecified atom stereocenters. The predicted molar refractivity (Wildman–Crippen MR) is 100 cm³/mol. The Morgan fingerprint density at radius 1 is 1.04 bits per heavy atom. The first-order valence-corrected chi connectivity index (χ1v) is 8.28. The summed E-state index contributed by atoms with van der Waals surface area (Å²) in [6.45, 7) is 4.57. The molecule has 5 nitrogen and oxygen atoms in total. The molecule has 0 fully saturated rings. The summed E-state index contributed by atoms with van der Waals surface area (Å²) >= 11 is 0. The second-order valence-electron chi connectivity index (χ2n) is 5.83. The summed E-state index contributed by atoms with van der Waals surface area (Å²) in [5, 5.41) is 6.73. The zero-order valence-corrected chi connectivity index (χ0v) is 14.3. The van der Waals surface area contributed by atoms with Crippen LogP contribution in [0.2, 0.25) is 0 Å². The van der Waals surface area contributed by atoms with Crippen LogP contribution in [0.4, 0.5) is 11.4 Å². The molecule has 2 aromatic carbocycles. The Bertz CT molecular complexity index is 976. The second kappa shape index (κ2) is 7.21. The number of benzene rings is 2. The van der Waals surface area contributed by atoms with Gasteiger partial charge in [0, 0.05) is 17.5 Å². The summed E-state index contributed by atoms with van der Waals surface area (Å²) in [6, 6.07) is 14.5. The fraction of sp³-hybridized carbons (Fsp3) is 0.200. The quantitative estimate of drug-likeness (QED) is 0.686. The second-order valence-corrected chi connectivity index (χ2v) is 5.83. The van der Waals surface area contributed by atoms with Gasteiger partial charge in [-0.1, -0.05) is 37.3 Å². The van der Waals surface area contributed by atoms with Crippen molar-refractivity contribution in [1.29, 1.82) is 0 Å². The summed E-state index contributed by atoms with van der Waals surface area (Å²) in [5.74, 6) is -0.333. The van der Waals surface area contributed by atoms with Gasteiger partial charge in [-0.25, -0.2) is 4.79 Å². The zero-order valence-electron chi connectivity index (χ0n) is 14.3. The van der Waals surface area contributed by atoms with Gasteiger partial charge in [-0.2, -0.15) is 0 Å². The molecule has 25 heavy (non-hydrogen) atoms. The Morgan fingerprint density at radius 3 is 2.52 bits per heavy atom. The molecule has 1 heterocycles. The van der Waals surface area contributed by atoms with Gasteiger partial charge in [-0.05, 0) is 37.1 Å². The third-order valence-electron chi connectivity index (χ3n) is 3.99. The van der Waals surface area contributed by atoms with Gasteiger partial charge in [0.1, 0.15) is 5.58 Å². The number of amides is 1. The van der Waals surface area contributed by atoms with Gasteiger partial charge in [0.2, 0.25) is 0 Å². The molecule has 128 valence electrons. The lowest BCUT2D eigenvalue weighted by atomic mass is 10.1. The molecular weight excluding hydrogens is 316 g/mol. The van der Waals surface area contributed by atoms with Gasteiger partial charge >= 0.3 is 5.63 Å². The Labute approximate surface area is 145 Å². The van der Waals surface area contributed by atoms with Gasteiger partial charge in [-0.3, -0.25) is 4.79 Å². The summed E-state index contributed by atoms with van der Waals surface area (Å²) < 4.78 is 5.37. The van der Waals surface area contributed by atoms with Crippen LogP contribution in [-0.4, -0.2) is 12.5 Å². The third-order valence-corrected chi connectivity index (χ3v) is 3.99. The molecule has 5 heteroatoms. The van der Waals surface area contributed by atoms with Crippen LogP contribution in [0, 0.1) is 6.92 Å². The lowest BCUT2D eigenvalue weighted by Gasteiger charge is -2.14. The Balaban J connectivity index is 2.08. The van der Waals surface area contributed by atoms with E-state index in [1.54, 1.807) is 24.3 Å². The SMILES string of the molecule is CCCNc1c(NC(=O)c2ccccc2C)c(=O)oc2ccccc12. The number of nitrogens with one attached hydrogen (secondary N) is 2. The molecular formula is C20H20N2O3. The lowest BCUT2D eigenvalue weighted by Crippen LogP contribution is -2.21. The number of anilines is 2. The maximum atomic E-state index is 12.6. The minimum absolute atomic E-state index is 0.139. The third kappa shape index (κ3) is 3.40. The molecule has 0 aliphatic carbocycles. The van der Waals surface area contributed by atoms with Crippen molar-refractivity contribution in [3.05, 3.63) is 70.1 Å². The first-order valence-electron chi connectivity index (χ1n) is 8.28. The molecule has 0 atom stereocenters. The highest BCUT2D eigenvalue weighted by atomic mass is 16.4. The Morgan fingerprint density at radius 2 is 1.76 bits per heavy atom. The van der Waals surface area contributed by atoms with E-state index in [4.69, 9.17) is 4.42 Å². The van der Waals surface area contributed by atoms with Gasteiger partial charge in [-0.15, -0.1) is 0 Å². The number of fused-ring (bicyclic) bond motifs is 1. The van der Waals surface area contributed by atoms with E-state index in [2.05, 4.69) is 10.6 Å². The molecule has 0 radical (unpaired) electrons. The van der Waals surface area contributed by atoms with Crippen molar-refractivity contribution in [2.24, 2.45) is 0 Å². The molecule has 0 bridgehead atoms. The average molecular weight is 336 g/mol. The maximum Gasteiger partial charge on any atom is 0.362 e. The first kappa shape index (κ1) is 16.8. The van der Waals surface area contributed by atoms with Crippen molar-refractivity contribution in [2.75, 3.05) is 17.2 Å². The van der Waals surface area contributed by atoms with E-state index in [1.165, 1.54) is 0 Å². The highest BCUT2D eigenvalue weighted by Crippen LogP contribution is 2.29. The van der Waals surface area contributed by atoms with E-state index in [0.717, 1.165) is 17.4 Å². The standard InChI is InChI=1S/C20H20N2O3/c1-3-12-21-17-15-10-6-7-11-16(15)25-20(24)18(17)22-19(23)14-9-5-4-8-13(14)2/h4-11,21H,3,12H2,1-2H3,(H,22,23). The number of carbonyl (C=O) groups is 1. The summed E-state index contributed by atoms with van der Waals surface area (Å²) in [5.41, 5.74) is 2.01. The first-order chi connectivity index (χ1) is 12.1. The van der Waals surface area contributed by atoms with Crippen LogP contribution in [0.5, 0.6) is 0 Å². The number of carbonyl (C=O) groups excluding carboxylic acids is 1. The van der Waals surface area contributed by atoms with Crippen molar-refractivity contribution in [3.63, 3.8) is 0 Å². The molecule has 0 spiro atoms. The molecule has 0 aliphatic rings. The van der Waals surface area contributed by atoms with Gasteiger partial charge in [0.05, 0.1) is 5.69 Å². The van der Waals surface area contributed by atoms with E-state index >= 15 is 0 Å². The lowest BCUT2D eigenvalue weighted by molar-refractivity contribution is 0.102. The molecule has 3 rings (SSSR count). The van der Waals surface area contributed by atoms with Crippen molar-refractivity contribution in [2.45, 2.75) is 20.3 Å². The van der Waals surface area contributed by atoms with Crippen molar-refractivity contribution in [1.82, 2.24) is 0 Å². The zero-order chi connectivity index (χ0) is 17.8. The molecule has 3 aromatic rings. The normalized spacial score (nSPS) is 10.6. The van der Waals surface area contributed by atoms with Crippen LogP contribution >= 0.6 is 0 Å². The minimum atomic E-state index is -0.570. The van der Waals surface area contributed by atoms with E-state index < -0.39 is 5.63 Å². The van der Waals surface area contributed by atoms with E-state index in [9.17, 15) is 9.59 Å². The van der Waals surface area contributed by atoms with Crippen LogP contribution in [-0.2, 0) is 0 Å². The number of aryl methyl sites for hydroxylation is 1. The molecule has 1 aromatic heterocycles. The van der Waals surface area contributed by atoms with Crippen LogP contribution in [0.1, 0.15) is 29.3 Å². The summed E-state index contributed by atoms with van der Waals surface area (Å²) in [7, 11) is 0. The summed E-state index contributed by atoms with van der Waals surface area (Å²) in [6.07, 6.45) is 0.889. The monoisotopic (exact) mass is 336 g/mol. The Hall–Kier alpha value is -3.08. The van der Waals surface area contributed by atoms with Crippen molar-refractivity contribution in [3.8, 4) is 0 Å².